The van der Waals surface area contributed by atoms with Crippen molar-refractivity contribution in [3.63, 3.8) is 0 Å². The van der Waals surface area contributed by atoms with Crippen LogP contribution in [0.1, 0.15) is 38.5 Å². The number of benzene rings is 1. The van der Waals surface area contributed by atoms with E-state index >= 15 is 0 Å². The summed E-state index contributed by atoms with van der Waals surface area (Å²) in [6.07, 6.45) is 3.43. The van der Waals surface area contributed by atoms with E-state index in [1.807, 2.05) is 42.4 Å². The predicted molar refractivity (Wildman–Crippen MR) is 124 cm³/mol. The average Bonchev–Trinajstić information content (AvgIpc) is 3.45. The molecule has 0 bridgehead atoms. The van der Waals surface area contributed by atoms with E-state index in [0.717, 1.165) is 61.4 Å². The molecule has 0 atom stereocenters. The van der Waals surface area contributed by atoms with Crippen molar-refractivity contribution >= 4 is 22.7 Å². The third kappa shape index (κ3) is 4.51. The lowest BCUT2D eigenvalue weighted by Crippen LogP contribution is -2.38. The molecule has 2 N–H and O–H groups in total. The number of morpholine rings is 1. The van der Waals surface area contributed by atoms with Crippen molar-refractivity contribution in [2.75, 3.05) is 45.9 Å². The summed E-state index contributed by atoms with van der Waals surface area (Å²) in [6.45, 7) is 5.99. The van der Waals surface area contributed by atoms with Gasteiger partial charge in [-0.05, 0) is 37.2 Å². The summed E-state index contributed by atoms with van der Waals surface area (Å²) in [5, 5.41) is 8.52. The zero-order valence-electron chi connectivity index (χ0n) is 19.0. The minimum absolute atomic E-state index is 0.0236. The number of hydrogen-bond acceptors (Lipinski definition) is 5. The molecule has 0 saturated carbocycles. The second kappa shape index (κ2) is 9.36. The van der Waals surface area contributed by atoms with Gasteiger partial charge in [0.1, 0.15) is 0 Å². The normalized spacial score (nSPS) is 16.7. The number of ether oxygens (including phenoxy) is 1. The van der Waals surface area contributed by atoms with Crippen LogP contribution in [0.2, 0.25) is 0 Å². The highest BCUT2D eigenvalue weighted by atomic mass is 16.5. The van der Waals surface area contributed by atoms with Gasteiger partial charge in [0, 0.05) is 73.6 Å². The minimum atomic E-state index is -0.170. The molecular weight excluding hydrogens is 420 g/mol. The van der Waals surface area contributed by atoms with Crippen LogP contribution in [-0.4, -0.2) is 82.3 Å². The maximum atomic E-state index is 13.2. The molecule has 1 saturated heterocycles. The van der Waals surface area contributed by atoms with Crippen molar-refractivity contribution in [3.05, 3.63) is 53.0 Å². The van der Waals surface area contributed by atoms with E-state index in [-0.39, 0.29) is 11.8 Å². The Bertz CT molecular complexity index is 1160. The second-order valence-corrected chi connectivity index (χ2v) is 8.72. The Balaban J connectivity index is 1.23. The molecule has 174 valence electrons. The molecule has 0 unspecified atom stereocenters. The zero-order chi connectivity index (χ0) is 22.8. The third-order valence-corrected chi connectivity index (χ3v) is 6.59. The number of hydrogen-bond donors (Lipinski definition) is 2. The van der Waals surface area contributed by atoms with E-state index in [4.69, 9.17) is 4.74 Å². The highest BCUT2D eigenvalue weighted by molar-refractivity contribution is 5.99. The largest absolute Gasteiger partial charge is 0.379 e. The van der Waals surface area contributed by atoms with Crippen molar-refractivity contribution in [2.45, 2.75) is 19.4 Å². The fraction of sp³-hybridized carbons (Fsp3) is 0.458. The Labute approximate surface area is 192 Å². The Morgan fingerprint density at radius 3 is 2.88 bits per heavy atom. The third-order valence-electron chi connectivity index (χ3n) is 6.59. The highest BCUT2D eigenvalue weighted by Crippen LogP contribution is 2.24. The van der Waals surface area contributed by atoms with Crippen molar-refractivity contribution in [1.82, 2.24) is 29.9 Å². The smallest absolute Gasteiger partial charge is 0.272 e. The Morgan fingerprint density at radius 1 is 1.18 bits per heavy atom. The molecule has 33 heavy (non-hydrogen) atoms. The molecule has 2 aromatic heterocycles. The van der Waals surface area contributed by atoms with Crippen molar-refractivity contribution in [1.29, 1.82) is 0 Å². The van der Waals surface area contributed by atoms with Crippen molar-refractivity contribution in [2.24, 2.45) is 7.05 Å². The first-order valence-electron chi connectivity index (χ1n) is 11.6. The molecule has 9 nitrogen and oxygen atoms in total. The van der Waals surface area contributed by atoms with Gasteiger partial charge in [0.2, 0.25) is 0 Å². The first-order chi connectivity index (χ1) is 16.1. The molecule has 1 fully saturated rings. The Morgan fingerprint density at radius 2 is 2.03 bits per heavy atom. The van der Waals surface area contributed by atoms with E-state index in [1.54, 1.807) is 4.68 Å². The van der Waals surface area contributed by atoms with Gasteiger partial charge in [-0.3, -0.25) is 19.2 Å². The summed E-state index contributed by atoms with van der Waals surface area (Å²) >= 11 is 0. The quantitative estimate of drug-likeness (QED) is 0.556. The molecule has 5 rings (SSSR count). The van der Waals surface area contributed by atoms with Crippen LogP contribution >= 0.6 is 0 Å². The number of fused-ring (bicyclic) bond motifs is 2. The number of aryl methyl sites for hydroxylation is 1. The van der Waals surface area contributed by atoms with Crippen LogP contribution in [0.4, 0.5) is 0 Å². The first kappa shape index (κ1) is 21.7. The number of nitrogens with one attached hydrogen (secondary N) is 2. The number of carbonyl (C=O) groups is 2. The molecular formula is C24H30N6O3. The minimum Gasteiger partial charge on any atom is -0.379 e. The van der Waals surface area contributed by atoms with Crippen LogP contribution in [0.5, 0.6) is 0 Å². The monoisotopic (exact) mass is 450 g/mol. The van der Waals surface area contributed by atoms with Gasteiger partial charge in [0.05, 0.1) is 19.8 Å². The molecule has 0 spiro atoms. The SMILES string of the molecule is Cn1nc(C(=O)NCCCN2CCOCC2)c2c1CCN(C(=O)c1ccc3[nH]ccc3c1)C2. The van der Waals surface area contributed by atoms with Gasteiger partial charge in [0.25, 0.3) is 11.8 Å². The first-order valence-corrected chi connectivity index (χ1v) is 11.6. The maximum Gasteiger partial charge on any atom is 0.272 e. The lowest BCUT2D eigenvalue weighted by atomic mass is 10.0. The van der Waals surface area contributed by atoms with E-state index in [2.05, 4.69) is 20.3 Å². The van der Waals surface area contributed by atoms with Gasteiger partial charge in [-0.25, -0.2) is 0 Å². The van der Waals surface area contributed by atoms with Crippen LogP contribution in [-0.2, 0) is 24.8 Å². The number of amides is 2. The summed E-state index contributed by atoms with van der Waals surface area (Å²) in [4.78, 5) is 33.4. The van der Waals surface area contributed by atoms with E-state index in [9.17, 15) is 9.59 Å². The lowest BCUT2D eigenvalue weighted by Gasteiger charge is -2.28. The van der Waals surface area contributed by atoms with Gasteiger partial charge in [-0.2, -0.15) is 5.10 Å². The fourth-order valence-corrected chi connectivity index (χ4v) is 4.73. The van der Waals surface area contributed by atoms with Gasteiger partial charge in [-0.15, -0.1) is 0 Å². The van der Waals surface area contributed by atoms with Gasteiger partial charge in [-0.1, -0.05) is 0 Å². The molecule has 0 aliphatic carbocycles. The van der Waals surface area contributed by atoms with Crippen LogP contribution in [0.3, 0.4) is 0 Å². The molecule has 0 radical (unpaired) electrons. The summed E-state index contributed by atoms with van der Waals surface area (Å²) in [6, 6.07) is 7.65. The van der Waals surface area contributed by atoms with E-state index in [1.165, 1.54) is 0 Å². The number of rotatable bonds is 6. The van der Waals surface area contributed by atoms with Gasteiger partial charge in [0.15, 0.2) is 5.69 Å². The molecule has 1 aromatic carbocycles. The second-order valence-electron chi connectivity index (χ2n) is 8.72. The number of aromatic amines is 1. The van der Waals surface area contributed by atoms with Crippen LogP contribution in [0.15, 0.2) is 30.5 Å². The van der Waals surface area contributed by atoms with Crippen LogP contribution in [0, 0.1) is 0 Å². The van der Waals surface area contributed by atoms with Gasteiger partial charge >= 0.3 is 0 Å². The molecule has 9 heteroatoms. The Kier molecular flexibility index (Phi) is 6.15. The van der Waals surface area contributed by atoms with Crippen molar-refractivity contribution < 1.29 is 14.3 Å². The summed E-state index contributed by atoms with van der Waals surface area (Å²) < 4.78 is 7.16. The van der Waals surface area contributed by atoms with Crippen LogP contribution < -0.4 is 5.32 Å². The molecule has 2 aliphatic rings. The molecule has 2 aliphatic heterocycles. The molecule has 4 heterocycles. The standard InChI is InChI=1S/C24H30N6O3/c1-28-21-6-10-30(24(32)18-3-4-20-17(15-18)5-8-25-20)16-19(21)22(27-28)23(31)26-7-2-9-29-11-13-33-14-12-29/h3-5,8,15,25H,2,6-7,9-14,16H2,1H3,(H,26,31). The number of nitrogens with zero attached hydrogens (tertiary/aromatic N) is 4. The fourth-order valence-electron chi connectivity index (χ4n) is 4.73. The van der Waals surface area contributed by atoms with E-state index < -0.39 is 0 Å². The lowest BCUT2D eigenvalue weighted by molar-refractivity contribution is 0.0374. The van der Waals surface area contributed by atoms with Crippen molar-refractivity contribution in [3.8, 4) is 0 Å². The van der Waals surface area contributed by atoms with Crippen LogP contribution in [0.25, 0.3) is 10.9 Å². The maximum absolute atomic E-state index is 13.2. The van der Waals surface area contributed by atoms with Gasteiger partial charge < -0.3 is 19.9 Å². The Hall–Kier alpha value is -3.17. The zero-order valence-corrected chi connectivity index (χ0v) is 19.0. The predicted octanol–water partition coefficient (Wildman–Crippen LogP) is 1.55. The molecule has 2 amide bonds. The summed E-state index contributed by atoms with van der Waals surface area (Å²) in [5.41, 5.74) is 3.97. The van der Waals surface area contributed by atoms with E-state index in [0.29, 0.717) is 37.3 Å². The summed E-state index contributed by atoms with van der Waals surface area (Å²) in [5.74, 6) is -0.193. The summed E-state index contributed by atoms with van der Waals surface area (Å²) in [7, 11) is 1.87. The average molecular weight is 451 g/mol. The topological polar surface area (TPSA) is 95.5 Å². The highest BCUT2D eigenvalue weighted by Gasteiger charge is 2.29. The number of H-pyrrole nitrogens is 1. The number of carbonyl (C=O) groups excluding carboxylic acids is 2. The molecule has 3 aromatic rings. The number of aromatic nitrogens is 3.